The van der Waals surface area contributed by atoms with Crippen LogP contribution in [0.1, 0.15) is 20.8 Å². The van der Waals surface area contributed by atoms with Crippen molar-refractivity contribution in [3.05, 3.63) is 71.1 Å². The highest BCUT2D eigenvalue weighted by molar-refractivity contribution is 7.21. The summed E-state index contributed by atoms with van der Waals surface area (Å²) in [6, 6.07) is 11.6. The number of ether oxygens (including phenoxy) is 1. The van der Waals surface area contributed by atoms with Crippen LogP contribution in [0, 0.1) is 0 Å². The zero-order valence-corrected chi connectivity index (χ0v) is 14.0. The molecule has 0 fully saturated rings. The van der Waals surface area contributed by atoms with Gasteiger partial charge in [-0.3, -0.25) is 4.79 Å². The second-order valence-electron chi connectivity index (χ2n) is 5.40. The molecule has 2 aromatic carbocycles. The number of thiophene rings is 1. The minimum atomic E-state index is -4.41. The van der Waals surface area contributed by atoms with Gasteiger partial charge in [0.15, 0.2) is 0 Å². The van der Waals surface area contributed by atoms with Gasteiger partial charge in [0.25, 0.3) is 0 Å². The Hall–Kier alpha value is -2.60. The van der Waals surface area contributed by atoms with Gasteiger partial charge in [-0.2, -0.15) is 13.2 Å². The van der Waals surface area contributed by atoms with E-state index >= 15 is 0 Å². The second-order valence-corrected chi connectivity index (χ2v) is 6.48. The minimum absolute atomic E-state index is 0.159. The predicted molar refractivity (Wildman–Crippen MR) is 93.2 cm³/mol. The summed E-state index contributed by atoms with van der Waals surface area (Å²) in [4.78, 5) is 13.1. The first-order valence-corrected chi connectivity index (χ1v) is 8.10. The molecular weight excluding hydrogens is 349 g/mol. The van der Waals surface area contributed by atoms with E-state index in [-0.39, 0.29) is 11.4 Å². The molecule has 0 spiro atoms. The molecular formula is C19H13F3O2S. The monoisotopic (exact) mass is 362 g/mol. The maximum Gasteiger partial charge on any atom is 0.416 e. The number of rotatable bonds is 4. The fraction of sp³-hybridized carbons (Fsp3) is 0.105. The molecule has 0 atom stereocenters. The van der Waals surface area contributed by atoms with E-state index in [1.165, 1.54) is 23.5 Å². The number of Topliss-reactive ketones (excluding diaryl/α,β-unsaturated/α-hetero) is 1. The van der Waals surface area contributed by atoms with Crippen LogP contribution in [-0.4, -0.2) is 12.9 Å². The molecule has 2 nitrogen and oxygen atoms in total. The molecule has 128 valence electrons. The quantitative estimate of drug-likeness (QED) is 0.431. The van der Waals surface area contributed by atoms with E-state index in [4.69, 9.17) is 4.74 Å². The number of hydrogen-bond acceptors (Lipinski definition) is 3. The number of allylic oxidation sites excluding steroid dienone is 1. The van der Waals surface area contributed by atoms with Gasteiger partial charge in [-0.1, -0.05) is 18.7 Å². The molecule has 0 aliphatic heterocycles. The summed E-state index contributed by atoms with van der Waals surface area (Å²) in [5.74, 6) is 0.384. The van der Waals surface area contributed by atoms with Gasteiger partial charge in [-0.15, -0.1) is 11.3 Å². The molecule has 1 aromatic heterocycles. The fourth-order valence-electron chi connectivity index (χ4n) is 2.39. The Labute approximate surface area is 146 Å². The van der Waals surface area contributed by atoms with Crippen LogP contribution in [0.3, 0.4) is 0 Å². The molecule has 0 unspecified atom stereocenters. The minimum Gasteiger partial charge on any atom is -0.497 e. The number of carbonyl (C=O) groups excluding carboxylic acids is 1. The Morgan fingerprint density at radius 1 is 1.08 bits per heavy atom. The summed E-state index contributed by atoms with van der Waals surface area (Å²) in [6.45, 7) is 3.75. The average Bonchev–Trinajstić information content (AvgIpc) is 3.02. The van der Waals surface area contributed by atoms with Gasteiger partial charge in [0, 0.05) is 10.3 Å². The molecule has 0 radical (unpaired) electrons. The average molecular weight is 362 g/mol. The van der Waals surface area contributed by atoms with Crippen LogP contribution >= 0.6 is 11.3 Å². The van der Waals surface area contributed by atoms with Gasteiger partial charge >= 0.3 is 6.18 Å². The number of ketones is 1. The summed E-state index contributed by atoms with van der Waals surface area (Å²) in [5.41, 5.74) is -0.231. The lowest BCUT2D eigenvalue weighted by Crippen LogP contribution is -2.05. The largest absolute Gasteiger partial charge is 0.497 e. The van der Waals surface area contributed by atoms with E-state index in [1.807, 2.05) is 12.1 Å². The lowest BCUT2D eigenvalue weighted by atomic mass is 10.0. The van der Waals surface area contributed by atoms with Crippen LogP contribution in [0.15, 0.2) is 55.1 Å². The van der Waals surface area contributed by atoms with E-state index in [0.29, 0.717) is 16.2 Å². The molecule has 0 saturated heterocycles. The smallest absolute Gasteiger partial charge is 0.416 e. The third-order valence-electron chi connectivity index (χ3n) is 3.79. The Morgan fingerprint density at radius 3 is 2.36 bits per heavy atom. The summed E-state index contributed by atoms with van der Waals surface area (Å²) in [6.07, 6.45) is -4.41. The van der Waals surface area contributed by atoms with Crippen LogP contribution in [0.4, 0.5) is 13.2 Å². The molecule has 3 rings (SSSR count). The lowest BCUT2D eigenvalue weighted by Gasteiger charge is -2.08. The van der Waals surface area contributed by atoms with Gasteiger partial charge in [0.1, 0.15) is 5.75 Å². The van der Waals surface area contributed by atoms with Crippen LogP contribution in [-0.2, 0) is 6.18 Å². The topological polar surface area (TPSA) is 26.3 Å². The highest BCUT2D eigenvalue weighted by Gasteiger charge is 2.30. The normalized spacial score (nSPS) is 11.5. The van der Waals surface area contributed by atoms with E-state index in [0.717, 1.165) is 22.2 Å². The van der Waals surface area contributed by atoms with Crippen molar-refractivity contribution in [2.24, 2.45) is 0 Å². The molecule has 1 heterocycles. The molecule has 0 aliphatic carbocycles. The lowest BCUT2D eigenvalue weighted by molar-refractivity contribution is -0.137. The van der Waals surface area contributed by atoms with E-state index in [1.54, 1.807) is 19.2 Å². The fourth-order valence-corrected chi connectivity index (χ4v) is 3.45. The molecule has 0 saturated carbocycles. The van der Waals surface area contributed by atoms with Crippen molar-refractivity contribution in [2.45, 2.75) is 6.18 Å². The molecule has 0 bridgehead atoms. The number of halogens is 3. The number of benzene rings is 2. The Kier molecular flexibility index (Phi) is 4.39. The summed E-state index contributed by atoms with van der Waals surface area (Å²) < 4.78 is 43.9. The van der Waals surface area contributed by atoms with Crippen LogP contribution in [0.25, 0.3) is 15.7 Å². The zero-order chi connectivity index (χ0) is 18.2. The van der Waals surface area contributed by atoms with Crippen molar-refractivity contribution in [2.75, 3.05) is 7.11 Å². The SMILES string of the molecule is C=C(C(=O)c1cc2ccc(OC)cc2s1)c1ccc(C(F)(F)F)cc1. The molecule has 0 amide bonds. The number of fused-ring (bicyclic) bond motifs is 1. The van der Waals surface area contributed by atoms with Crippen LogP contribution in [0.2, 0.25) is 0 Å². The van der Waals surface area contributed by atoms with Crippen molar-refractivity contribution < 1.29 is 22.7 Å². The first-order valence-electron chi connectivity index (χ1n) is 7.28. The highest BCUT2D eigenvalue weighted by atomic mass is 32.1. The zero-order valence-electron chi connectivity index (χ0n) is 13.2. The van der Waals surface area contributed by atoms with Gasteiger partial charge in [-0.25, -0.2) is 0 Å². The van der Waals surface area contributed by atoms with Gasteiger partial charge in [-0.05, 0) is 47.3 Å². The predicted octanol–water partition coefficient (Wildman–Crippen LogP) is 5.82. The molecule has 6 heteroatoms. The van der Waals surface area contributed by atoms with Crippen molar-refractivity contribution in [1.29, 1.82) is 0 Å². The Morgan fingerprint density at radius 2 is 1.76 bits per heavy atom. The summed E-state index contributed by atoms with van der Waals surface area (Å²) in [5, 5.41) is 0.898. The molecule has 3 aromatic rings. The number of methoxy groups -OCH3 is 1. The number of carbonyl (C=O) groups is 1. The van der Waals surface area contributed by atoms with Crippen molar-refractivity contribution in [1.82, 2.24) is 0 Å². The van der Waals surface area contributed by atoms with Gasteiger partial charge in [0.2, 0.25) is 5.78 Å². The highest BCUT2D eigenvalue weighted by Crippen LogP contribution is 2.33. The van der Waals surface area contributed by atoms with Crippen LogP contribution in [0.5, 0.6) is 5.75 Å². The van der Waals surface area contributed by atoms with E-state index in [2.05, 4.69) is 6.58 Å². The van der Waals surface area contributed by atoms with Crippen LogP contribution < -0.4 is 4.74 Å². The third kappa shape index (κ3) is 3.44. The second kappa shape index (κ2) is 6.37. The van der Waals surface area contributed by atoms with Crippen molar-refractivity contribution in [3.63, 3.8) is 0 Å². The third-order valence-corrected chi connectivity index (χ3v) is 4.88. The molecule has 0 aliphatic rings. The van der Waals surface area contributed by atoms with Crippen molar-refractivity contribution >= 4 is 32.8 Å². The van der Waals surface area contributed by atoms with Crippen molar-refractivity contribution in [3.8, 4) is 5.75 Å². The first-order chi connectivity index (χ1) is 11.8. The molecule has 0 N–H and O–H groups in total. The Balaban J connectivity index is 1.88. The summed E-state index contributed by atoms with van der Waals surface area (Å²) >= 11 is 1.29. The maximum absolute atomic E-state index is 12.6. The molecule has 25 heavy (non-hydrogen) atoms. The standard InChI is InChI=1S/C19H13F3O2S/c1-11(12-3-6-14(7-4-12)19(20,21)22)18(23)17-9-13-5-8-15(24-2)10-16(13)25-17/h3-10H,1H2,2H3. The Bertz CT molecular complexity index is 953. The maximum atomic E-state index is 12.6. The number of hydrogen-bond donors (Lipinski definition) is 0. The van der Waals surface area contributed by atoms with E-state index < -0.39 is 11.7 Å². The number of alkyl halides is 3. The van der Waals surface area contributed by atoms with Gasteiger partial charge < -0.3 is 4.74 Å². The summed E-state index contributed by atoms with van der Waals surface area (Å²) in [7, 11) is 1.56. The van der Waals surface area contributed by atoms with Gasteiger partial charge in [0.05, 0.1) is 17.6 Å². The van der Waals surface area contributed by atoms with E-state index in [9.17, 15) is 18.0 Å². The first kappa shape index (κ1) is 17.2.